The Hall–Kier alpha value is -2.37. The molecule has 0 saturated carbocycles. The highest BCUT2D eigenvalue weighted by Crippen LogP contribution is 2.20. The van der Waals surface area contributed by atoms with E-state index in [0.717, 1.165) is 31.6 Å². The van der Waals surface area contributed by atoms with E-state index in [1.54, 1.807) is 30.3 Å². The van der Waals surface area contributed by atoms with Crippen LogP contribution in [0, 0.1) is 6.92 Å². The molecule has 0 aromatic heterocycles. The molecular weight excluding hydrogens is 350 g/mol. The van der Waals surface area contributed by atoms with Gasteiger partial charge < -0.3 is 15.5 Å². The molecular formula is C20H22ClN3O2. The van der Waals surface area contributed by atoms with Gasteiger partial charge in [0.15, 0.2) is 0 Å². The number of carbonyl (C=O) groups excluding carboxylic acids is 2. The molecule has 0 aliphatic carbocycles. The number of nitrogens with one attached hydrogen (secondary N) is 2. The van der Waals surface area contributed by atoms with E-state index in [9.17, 15) is 9.59 Å². The fourth-order valence-corrected chi connectivity index (χ4v) is 3.14. The molecule has 1 saturated heterocycles. The lowest BCUT2D eigenvalue weighted by atomic mass is 10.1. The van der Waals surface area contributed by atoms with Crippen LogP contribution in [0.25, 0.3) is 0 Å². The van der Waals surface area contributed by atoms with Crippen LogP contribution < -0.4 is 10.6 Å². The average Bonchev–Trinajstić information content (AvgIpc) is 2.92. The molecule has 0 bridgehead atoms. The number of carbonyl (C=O) groups is 2. The zero-order chi connectivity index (χ0) is 18.5. The first-order valence-electron chi connectivity index (χ1n) is 8.72. The number of hydrogen-bond donors (Lipinski definition) is 2. The molecule has 1 aliphatic rings. The number of benzene rings is 2. The fraction of sp³-hybridized carbons (Fsp3) is 0.300. The summed E-state index contributed by atoms with van der Waals surface area (Å²) in [7, 11) is 0. The van der Waals surface area contributed by atoms with Crippen molar-refractivity contribution >= 4 is 29.1 Å². The Morgan fingerprint density at radius 1 is 1.08 bits per heavy atom. The van der Waals surface area contributed by atoms with Crippen molar-refractivity contribution in [1.82, 2.24) is 10.2 Å². The first-order chi connectivity index (χ1) is 12.5. The molecule has 136 valence electrons. The summed E-state index contributed by atoms with van der Waals surface area (Å²) in [6.45, 7) is 5.06. The summed E-state index contributed by atoms with van der Waals surface area (Å²) in [6, 6.07) is 12.2. The molecule has 5 nitrogen and oxygen atoms in total. The Kier molecular flexibility index (Phi) is 5.91. The van der Waals surface area contributed by atoms with Gasteiger partial charge >= 0.3 is 0 Å². The summed E-state index contributed by atoms with van der Waals surface area (Å²) in [6.07, 6.45) is 0.940. The third kappa shape index (κ3) is 4.42. The first kappa shape index (κ1) is 18.4. The number of anilines is 1. The van der Waals surface area contributed by atoms with Crippen LogP contribution in [-0.2, 0) is 0 Å². The van der Waals surface area contributed by atoms with Gasteiger partial charge in [-0.05, 0) is 55.8 Å². The van der Waals surface area contributed by atoms with Crippen molar-refractivity contribution in [3.63, 3.8) is 0 Å². The molecule has 0 radical (unpaired) electrons. The topological polar surface area (TPSA) is 61.4 Å². The van der Waals surface area contributed by atoms with E-state index in [4.69, 9.17) is 11.6 Å². The molecule has 26 heavy (non-hydrogen) atoms. The van der Waals surface area contributed by atoms with Gasteiger partial charge in [0.1, 0.15) is 0 Å². The lowest BCUT2D eigenvalue weighted by Crippen LogP contribution is -2.34. The van der Waals surface area contributed by atoms with E-state index in [1.807, 2.05) is 24.0 Å². The molecule has 1 heterocycles. The second-order valence-electron chi connectivity index (χ2n) is 6.39. The summed E-state index contributed by atoms with van der Waals surface area (Å²) < 4.78 is 0. The Balaban J connectivity index is 1.79. The Labute approximate surface area is 158 Å². The van der Waals surface area contributed by atoms with Crippen molar-refractivity contribution in [2.24, 2.45) is 0 Å². The van der Waals surface area contributed by atoms with Gasteiger partial charge in [-0.2, -0.15) is 0 Å². The zero-order valence-corrected chi connectivity index (χ0v) is 15.5. The standard InChI is InChI=1S/C20H22ClN3O2/c1-14-6-7-16(20(26)24-10-3-8-22-9-11-24)13-18(14)23-19(25)15-4-2-5-17(21)12-15/h2,4-7,12-13,22H,3,8-11H2,1H3,(H,23,25). The number of hydrogen-bond acceptors (Lipinski definition) is 3. The van der Waals surface area contributed by atoms with Crippen molar-refractivity contribution in [2.75, 3.05) is 31.5 Å². The molecule has 3 rings (SSSR count). The average molecular weight is 372 g/mol. The summed E-state index contributed by atoms with van der Waals surface area (Å²) in [5.41, 5.74) is 2.59. The summed E-state index contributed by atoms with van der Waals surface area (Å²) in [5, 5.41) is 6.68. The lowest BCUT2D eigenvalue weighted by Gasteiger charge is -2.20. The van der Waals surface area contributed by atoms with Gasteiger partial charge in [0.25, 0.3) is 11.8 Å². The minimum absolute atomic E-state index is 0.00745. The van der Waals surface area contributed by atoms with Crippen LogP contribution in [0.3, 0.4) is 0 Å². The molecule has 1 aliphatic heterocycles. The van der Waals surface area contributed by atoms with E-state index in [-0.39, 0.29) is 11.8 Å². The normalized spacial score (nSPS) is 14.6. The zero-order valence-electron chi connectivity index (χ0n) is 14.7. The molecule has 2 aromatic carbocycles. The quantitative estimate of drug-likeness (QED) is 0.869. The van der Waals surface area contributed by atoms with E-state index in [0.29, 0.717) is 28.4 Å². The minimum atomic E-state index is -0.251. The largest absolute Gasteiger partial charge is 0.337 e. The predicted molar refractivity (Wildman–Crippen MR) is 104 cm³/mol. The van der Waals surface area contributed by atoms with E-state index in [2.05, 4.69) is 10.6 Å². The highest BCUT2D eigenvalue weighted by molar-refractivity contribution is 6.31. The maximum atomic E-state index is 12.8. The molecule has 0 unspecified atom stereocenters. The second kappa shape index (κ2) is 8.34. The van der Waals surface area contributed by atoms with Crippen LogP contribution in [0.5, 0.6) is 0 Å². The molecule has 0 spiro atoms. The smallest absolute Gasteiger partial charge is 0.255 e. The van der Waals surface area contributed by atoms with Crippen LogP contribution in [0.2, 0.25) is 5.02 Å². The van der Waals surface area contributed by atoms with Crippen LogP contribution >= 0.6 is 11.6 Å². The van der Waals surface area contributed by atoms with Gasteiger partial charge in [-0.1, -0.05) is 23.7 Å². The number of amides is 2. The van der Waals surface area contributed by atoms with Crippen molar-refractivity contribution in [2.45, 2.75) is 13.3 Å². The Morgan fingerprint density at radius 2 is 1.92 bits per heavy atom. The lowest BCUT2D eigenvalue weighted by molar-refractivity contribution is 0.0766. The third-order valence-electron chi connectivity index (χ3n) is 4.45. The van der Waals surface area contributed by atoms with Crippen molar-refractivity contribution in [3.8, 4) is 0 Å². The van der Waals surface area contributed by atoms with Gasteiger partial charge in [-0.3, -0.25) is 9.59 Å². The van der Waals surface area contributed by atoms with Gasteiger partial charge in [-0.15, -0.1) is 0 Å². The molecule has 1 fully saturated rings. The van der Waals surface area contributed by atoms with Gasteiger partial charge in [0.2, 0.25) is 0 Å². The molecule has 0 atom stereocenters. The highest BCUT2D eigenvalue weighted by atomic mass is 35.5. The fourth-order valence-electron chi connectivity index (χ4n) is 2.95. The SMILES string of the molecule is Cc1ccc(C(=O)N2CCCNCC2)cc1NC(=O)c1cccc(Cl)c1. The minimum Gasteiger partial charge on any atom is -0.337 e. The van der Waals surface area contributed by atoms with Crippen molar-refractivity contribution in [3.05, 3.63) is 64.2 Å². The molecule has 2 N–H and O–H groups in total. The first-order valence-corrected chi connectivity index (χ1v) is 9.10. The van der Waals surface area contributed by atoms with Crippen LogP contribution in [-0.4, -0.2) is 42.9 Å². The van der Waals surface area contributed by atoms with Crippen LogP contribution in [0.15, 0.2) is 42.5 Å². The maximum absolute atomic E-state index is 12.8. The van der Waals surface area contributed by atoms with E-state index >= 15 is 0 Å². The molecule has 2 amide bonds. The van der Waals surface area contributed by atoms with Crippen molar-refractivity contribution < 1.29 is 9.59 Å². The van der Waals surface area contributed by atoms with E-state index in [1.165, 1.54) is 0 Å². The number of nitrogens with zero attached hydrogens (tertiary/aromatic N) is 1. The Bertz CT molecular complexity index is 814. The van der Waals surface area contributed by atoms with E-state index < -0.39 is 0 Å². The Morgan fingerprint density at radius 3 is 2.73 bits per heavy atom. The van der Waals surface area contributed by atoms with Gasteiger partial charge in [0.05, 0.1) is 0 Å². The monoisotopic (exact) mass is 371 g/mol. The number of aryl methyl sites for hydroxylation is 1. The molecule has 2 aromatic rings. The third-order valence-corrected chi connectivity index (χ3v) is 4.68. The summed E-state index contributed by atoms with van der Waals surface area (Å²) >= 11 is 5.95. The second-order valence-corrected chi connectivity index (χ2v) is 6.83. The van der Waals surface area contributed by atoms with Crippen LogP contribution in [0.4, 0.5) is 5.69 Å². The maximum Gasteiger partial charge on any atom is 0.255 e. The summed E-state index contributed by atoms with van der Waals surface area (Å²) in [5.74, 6) is -0.258. The van der Waals surface area contributed by atoms with Gasteiger partial charge in [0, 0.05) is 41.5 Å². The number of halogens is 1. The summed E-state index contributed by atoms with van der Waals surface area (Å²) in [4.78, 5) is 27.1. The predicted octanol–water partition coefficient (Wildman–Crippen LogP) is 3.34. The highest BCUT2D eigenvalue weighted by Gasteiger charge is 2.18. The van der Waals surface area contributed by atoms with Gasteiger partial charge in [-0.25, -0.2) is 0 Å². The van der Waals surface area contributed by atoms with Crippen molar-refractivity contribution in [1.29, 1.82) is 0 Å². The molecule has 6 heteroatoms. The van der Waals surface area contributed by atoms with Crippen LogP contribution in [0.1, 0.15) is 32.7 Å². The number of rotatable bonds is 3.